The molecule has 0 saturated carbocycles. The maximum absolute atomic E-state index is 4.79. The second-order valence-corrected chi connectivity index (χ2v) is 21.0. The van der Waals surface area contributed by atoms with Crippen molar-refractivity contribution in [3.63, 3.8) is 0 Å². The summed E-state index contributed by atoms with van der Waals surface area (Å²) < 4.78 is 4.17. The fourth-order valence-corrected chi connectivity index (χ4v) is 10.4. The molecule has 0 aliphatic rings. The fraction of sp³-hybridized carbons (Fsp3) is 0.231. The van der Waals surface area contributed by atoms with Gasteiger partial charge < -0.3 is 0 Å². The van der Waals surface area contributed by atoms with E-state index in [4.69, 9.17) is 9.97 Å². The molecule has 30 heavy (non-hydrogen) atoms. The van der Waals surface area contributed by atoms with Gasteiger partial charge in [-0.15, -0.1) is 0 Å². The molecule has 2 aromatic heterocycles. The van der Waals surface area contributed by atoms with Crippen LogP contribution in [0.1, 0.15) is 25.3 Å². The molecule has 5 aromatic rings. The van der Waals surface area contributed by atoms with Gasteiger partial charge in [-0.25, -0.2) is 0 Å². The van der Waals surface area contributed by atoms with Crippen molar-refractivity contribution in [2.75, 3.05) is 0 Å². The number of hydrogen-bond acceptors (Lipinski definition) is 3. The van der Waals surface area contributed by atoms with E-state index in [9.17, 15) is 0 Å². The Hall–Kier alpha value is -2.24. The summed E-state index contributed by atoms with van der Waals surface area (Å²) >= 11 is -0.116. The Labute approximate surface area is 184 Å². The number of benzene rings is 3. The Morgan fingerprint density at radius 2 is 1.60 bits per heavy atom. The molecule has 150 valence electrons. The molecule has 2 heterocycles. The van der Waals surface area contributed by atoms with Gasteiger partial charge in [-0.2, -0.15) is 0 Å². The molecule has 0 saturated heterocycles. The molecule has 2 nitrogen and oxygen atoms in total. The number of hydrogen-bond donors (Lipinski definition) is 0. The fourth-order valence-electron chi connectivity index (χ4n) is 4.35. The normalized spacial score (nSPS) is 12.5. The molecule has 0 radical (unpaired) electrons. The Kier molecular flexibility index (Phi) is 4.71. The molecule has 0 aliphatic heterocycles. The Bertz CT molecular complexity index is 1410. The van der Waals surface area contributed by atoms with Crippen LogP contribution in [-0.4, -0.2) is 23.2 Å². The molecule has 0 atom stereocenters. The van der Waals surface area contributed by atoms with Crippen molar-refractivity contribution in [2.24, 2.45) is 0 Å². The molecular formula is C26H26GeN2S. The zero-order valence-electron chi connectivity index (χ0n) is 18.2. The van der Waals surface area contributed by atoms with E-state index >= 15 is 0 Å². The van der Waals surface area contributed by atoms with Crippen molar-refractivity contribution in [2.45, 2.75) is 37.0 Å². The third kappa shape index (κ3) is 3.15. The second kappa shape index (κ2) is 7.17. The van der Waals surface area contributed by atoms with Gasteiger partial charge in [-0.3, -0.25) is 0 Å². The Morgan fingerprint density at radius 1 is 0.833 bits per heavy atom. The van der Waals surface area contributed by atoms with E-state index in [0.717, 1.165) is 11.2 Å². The molecular weight excluding hydrogens is 445 g/mol. The summed E-state index contributed by atoms with van der Waals surface area (Å²) in [7, 11) is 0. The van der Waals surface area contributed by atoms with Crippen LogP contribution in [0.15, 0.2) is 60.9 Å². The zero-order valence-corrected chi connectivity index (χ0v) is 21.1. The van der Waals surface area contributed by atoms with Crippen LogP contribution in [0.3, 0.4) is 0 Å². The first-order chi connectivity index (χ1) is 14.3. The van der Waals surface area contributed by atoms with Gasteiger partial charge >= 0.3 is 185 Å². The molecule has 0 spiro atoms. The molecule has 0 fully saturated rings. The average Bonchev–Trinajstić information content (AvgIpc) is 3.10. The summed E-state index contributed by atoms with van der Waals surface area (Å²) in [6.07, 6.45) is 1.74. The van der Waals surface area contributed by atoms with Crippen LogP contribution in [0.4, 0.5) is 0 Å². The molecule has 0 N–H and O–H groups in total. The predicted octanol–water partition coefficient (Wildman–Crippen LogP) is 7.33. The van der Waals surface area contributed by atoms with E-state index in [0.29, 0.717) is 5.92 Å². The van der Waals surface area contributed by atoms with Crippen LogP contribution in [-0.2, 0) is 0 Å². The van der Waals surface area contributed by atoms with Gasteiger partial charge in [-0.05, 0) is 0 Å². The zero-order chi connectivity index (χ0) is 21.0. The number of fused-ring (bicyclic) bond motifs is 4. The van der Waals surface area contributed by atoms with Gasteiger partial charge in [0.1, 0.15) is 0 Å². The first-order valence-corrected chi connectivity index (χ1v) is 18.7. The quantitative estimate of drug-likeness (QED) is 0.258. The van der Waals surface area contributed by atoms with Crippen LogP contribution in [0, 0.1) is 0 Å². The predicted molar refractivity (Wildman–Crippen MR) is 135 cm³/mol. The average molecular weight is 471 g/mol. The molecule has 4 heteroatoms. The first kappa shape index (κ1) is 19.7. The Morgan fingerprint density at radius 3 is 2.37 bits per heavy atom. The van der Waals surface area contributed by atoms with Gasteiger partial charge in [0.25, 0.3) is 0 Å². The minimum absolute atomic E-state index is 0.454. The van der Waals surface area contributed by atoms with E-state index in [1.54, 1.807) is 10.7 Å². The van der Waals surface area contributed by atoms with Gasteiger partial charge in [0, 0.05) is 0 Å². The second-order valence-electron chi connectivity index (χ2n) is 9.38. The van der Waals surface area contributed by atoms with Crippen molar-refractivity contribution in [1.29, 1.82) is 0 Å². The first-order valence-electron chi connectivity index (χ1n) is 10.5. The Balaban J connectivity index is 1.84. The third-order valence-corrected chi connectivity index (χ3v) is 11.8. The molecule has 3 aromatic carbocycles. The maximum atomic E-state index is 4.79. The summed E-state index contributed by atoms with van der Waals surface area (Å²) in [5.74, 6) is 7.84. The number of aromatic nitrogens is 2. The number of rotatable bonds is 3. The van der Waals surface area contributed by atoms with E-state index in [2.05, 4.69) is 85.7 Å². The van der Waals surface area contributed by atoms with E-state index in [1.807, 2.05) is 11.3 Å². The minimum atomic E-state index is -1.99. The van der Waals surface area contributed by atoms with Gasteiger partial charge in [-0.1, -0.05) is 0 Å². The standard InChI is InChI=1S/C26H26GeN2S/c1-16(2)21-14-18(13-17-9-6-7-10-19(17)21)23-26-24(29-15-28-23)20-11-8-12-22(25(20)30-26)27(3,4)5/h6-16H,1-5H3. The molecule has 0 unspecified atom stereocenters. The van der Waals surface area contributed by atoms with E-state index in [-0.39, 0.29) is 0 Å². The van der Waals surface area contributed by atoms with Crippen molar-refractivity contribution in [1.82, 2.24) is 9.97 Å². The van der Waals surface area contributed by atoms with Gasteiger partial charge in [0.15, 0.2) is 0 Å². The molecule has 0 aliphatic carbocycles. The van der Waals surface area contributed by atoms with E-state index in [1.165, 1.54) is 36.7 Å². The van der Waals surface area contributed by atoms with Crippen LogP contribution in [0.2, 0.25) is 17.3 Å². The van der Waals surface area contributed by atoms with Crippen LogP contribution >= 0.6 is 11.3 Å². The number of nitrogens with zero attached hydrogens (tertiary/aromatic N) is 2. The van der Waals surface area contributed by atoms with Crippen molar-refractivity contribution in [3.8, 4) is 11.3 Å². The number of thiophene rings is 1. The summed E-state index contributed by atoms with van der Waals surface area (Å²) in [6, 6.07) is 20.1. The van der Waals surface area contributed by atoms with Gasteiger partial charge in [0.05, 0.1) is 0 Å². The van der Waals surface area contributed by atoms with Crippen molar-refractivity contribution in [3.05, 3.63) is 66.5 Å². The monoisotopic (exact) mass is 472 g/mol. The molecule has 0 amide bonds. The van der Waals surface area contributed by atoms with Crippen LogP contribution in [0.5, 0.6) is 0 Å². The molecule has 5 rings (SSSR count). The topological polar surface area (TPSA) is 25.8 Å². The molecule has 0 bridgehead atoms. The summed E-state index contributed by atoms with van der Waals surface area (Å²) in [5.41, 5.74) is 4.71. The SMILES string of the molecule is CC(C)c1cc(-c2ncnc3c2sc2[c]([Ge]([CH3])([CH3])[CH3])cccc23)cc2ccccc12. The van der Waals surface area contributed by atoms with Crippen molar-refractivity contribution < 1.29 is 0 Å². The van der Waals surface area contributed by atoms with Gasteiger partial charge in [0.2, 0.25) is 0 Å². The van der Waals surface area contributed by atoms with Crippen LogP contribution in [0.25, 0.3) is 42.3 Å². The summed E-state index contributed by atoms with van der Waals surface area (Å²) in [4.78, 5) is 9.50. The summed E-state index contributed by atoms with van der Waals surface area (Å²) in [6.45, 7) is 4.53. The van der Waals surface area contributed by atoms with E-state index < -0.39 is 13.3 Å². The van der Waals surface area contributed by atoms with Crippen LogP contribution < -0.4 is 4.40 Å². The van der Waals surface area contributed by atoms with Crippen molar-refractivity contribution >= 4 is 60.1 Å². The summed E-state index contributed by atoms with van der Waals surface area (Å²) in [5, 5.41) is 3.89. The third-order valence-electron chi connectivity index (χ3n) is 5.88.